The van der Waals surface area contributed by atoms with Gasteiger partial charge in [0.25, 0.3) is 0 Å². The van der Waals surface area contributed by atoms with Crippen LogP contribution in [-0.2, 0) is 11.0 Å². The van der Waals surface area contributed by atoms with E-state index in [9.17, 15) is 18.0 Å². The molecule has 0 fully saturated rings. The molecule has 1 N–H and O–H groups in total. The first kappa shape index (κ1) is 14.0. The SMILES string of the molecule is C=C(CC(=O)O)c1cnc(OC)c(C(F)(F)F)c1. The van der Waals surface area contributed by atoms with E-state index in [0.29, 0.717) is 0 Å². The number of carboxylic acids is 1. The number of nitrogens with zero attached hydrogens (tertiary/aromatic N) is 1. The molecule has 0 aromatic carbocycles. The maximum Gasteiger partial charge on any atom is 0.421 e. The minimum atomic E-state index is -4.63. The molecule has 0 atom stereocenters. The number of hydrogen-bond donors (Lipinski definition) is 1. The summed E-state index contributed by atoms with van der Waals surface area (Å²) in [7, 11) is 1.07. The van der Waals surface area contributed by atoms with Gasteiger partial charge in [0.15, 0.2) is 0 Å². The molecule has 0 radical (unpaired) electrons. The third-order valence-corrected chi connectivity index (χ3v) is 2.12. The number of ether oxygens (including phenoxy) is 1. The Labute approximate surface area is 101 Å². The van der Waals surface area contributed by atoms with Gasteiger partial charge >= 0.3 is 12.1 Å². The zero-order valence-electron chi connectivity index (χ0n) is 9.41. The average Bonchev–Trinajstić information content (AvgIpc) is 2.26. The van der Waals surface area contributed by atoms with Gasteiger partial charge in [-0.1, -0.05) is 6.58 Å². The van der Waals surface area contributed by atoms with E-state index >= 15 is 0 Å². The van der Waals surface area contributed by atoms with E-state index in [1.54, 1.807) is 0 Å². The number of aromatic nitrogens is 1. The smallest absolute Gasteiger partial charge is 0.421 e. The lowest BCUT2D eigenvalue weighted by Gasteiger charge is -2.12. The van der Waals surface area contributed by atoms with E-state index in [1.165, 1.54) is 0 Å². The minimum Gasteiger partial charge on any atom is -0.481 e. The predicted molar refractivity (Wildman–Crippen MR) is 57.1 cm³/mol. The highest BCUT2D eigenvalue weighted by atomic mass is 19.4. The van der Waals surface area contributed by atoms with Gasteiger partial charge < -0.3 is 9.84 Å². The van der Waals surface area contributed by atoms with Crippen LogP contribution in [0.2, 0.25) is 0 Å². The lowest BCUT2D eigenvalue weighted by Crippen LogP contribution is -2.10. The Balaban J connectivity index is 3.19. The van der Waals surface area contributed by atoms with Crippen molar-refractivity contribution in [2.24, 2.45) is 0 Å². The molecule has 0 saturated carbocycles. The van der Waals surface area contributed by atoms with Crippen molar-refractivity contribution in [3.05, 3.63) is 30.0 Å². The van der Waals surface area contributed by atoms with Crippen LogP contribution >= 0.6 is 0 Å². The fourth-order valence-corrected chi connectivity index (χ4v) is 1.30. The monoisotopic (exact) mass is 261 g/mol. The number of alkyl halides is 3. The van der Waals surface area contributed by atoms with Crippen LogP contribution in [0.3, 0.4) is 0 Å². The summed E-state index contributed by atoms with van der Waals surface area (Å²) in [6.45, 7) is 3.41. The van der Waals surface area contributed by atoms with Crippen molar-refractivity contribution in [2.75, 3.05) is 7.11 Å². The standard InChI is InChI=1S/C11H10F3NO3/c1-6(3-9(16)17)7-4-8(11(12,13)14)10(18-2)15-5-7/h4-5H,1,3H2,2H3,(H,16,17). The Hall–Kier alpha value is -2.05. The van der Waals surface area contributed by atoms with Crippen molar-refractivity contribution >= 4 is 11.5 Å². The Morgan fingerprint density at radius 2 is 2.17 bits per heavy atom. The molecule has 1 aromatic heterocycles. The van der Waals surface area contributed by atoms with Gasteiger partial charge in [0, 0.05) is 6.20 Å². The molecule has 0 saturated heterocycles. The van der Waals surface area contributed by atoms with E-state index in [2.05, 4.69) is 16.3 Å². The Bertz CT molecular complexity index is 483. The molecule has 98 valence electrons. The predicted octanol–water partition coefficient (Wildman–Crippen LogP) is 2.60. The van der Waals surface area contributed by atoms with Crippen molar-refractivity contribution < 1.29 is 27.8 Å². The molecule has 0 bridgehead atoms. The van der Waals surface area contributed by atoms with Crippen LogP contribution in [0.15, 0.2) is 18.8 Å². The fraction of sp³-hybridized carbons (Fsp3) is 0.273. The van der Waals surface area contributed by atoms with Crippen molar-refractivity contribution in [2.45, 2.75) is 12.6 Å². The Morgan fingerprint density at radius 1 is 1.56 bits per heavy atom. The largest absolute Gasteiger partial charge is 0.481 e. The molecule has 1 rings (SSSR count). The summed E-state index contributed by atoms with van der Waals surface area (Å²) in [5.74, 6) is -1.74. The zero-order chi connectivity index (χ0) is 13.9. The van der Waals surface area contributed by atoms with Crippen LogP contribution in [0.4, 0.5) is 13.2 Å². The van der Waals surface area contributed by atoms with Gasteiger partial charge in [-0.15, -0.1) is 0 Å². The number of carbonyl (C=O) groups is 1. The van der Waals surface area contributed by atoms with E-state index in [-0.39, 0.29) is 11.1 Å². The van der Waals surface area contributed by atoms with Crippen LogP contribution in [0, 0.1) is 0 Å². The highest BCUT2D eigenvalue weighted by Gasteiger charge is 2.35. The second-order valence-corrected chi connectivity index (χ2v) is 3.45. The van der Waals surface area contributed by atoms with Gasteiger partial charge in [0.2, 0.25) is 5.88 Å². The maximum atomic E-state index is 12.7. The molecule has 7 heteroatoms. The Morgan fingerprint density at radius 3 is 2.61 bits per heavy atom. The molecule has 4 nitrogen and oxygen atoms in total. The first-order chi connectivity index (χ1) is 8.25. The molecule has 0 aliphatic rings. The quantitative estimate of drug-likeness (QED) is 0.905. The summed E-state index contributed by atoms with van der Waals surface area (Å²) < 4.78 is 42.5. The van der Waals surface area contributed by atoms with Gasteiger partial charge in [-0.25, -0.2) is 4.98 Å². The topological polar surface area (TPSA) is 59.4 Å². The Kier molecular flexibility index (Phi) is 3.95. The van der Waals surface area contributed by atoms with Crippen molar-refractivity contribution in [1.29, 1.82) is 0 Å². The highest BCUT2D eigenvalue weighted by Crippen LogP contribution is 2.36. The maximum absolute atomic E-state index is 12.7. The summed E-state index contributed by atoms with van der Waals surface area (Å²) in [6, 6.07) is 0.775. The number of carboxylic acid groups (broad SMARTS) is 1. The summed E-state index contributed by atoms with van der Waals surface area (Å²) >= 11 is 0. The lowest BCUT2D eigenvalue weighted by atomic mass is 10.0. The van der Waals surface area contributed by atoms with Gasteiger partial charge in [-0.3, -0.25) is 4.79 Å². The second-order valence-electron chi connectivity index (χ2n) is 3.45. The molecule has 1 aromatic rings. The van der Waals surface area contributed by atoms with Crippen LogP contribution in [0.25, 0.3) is 5.57 Å². The van der Waals surface area contributed by atoms with Gasteiger partial charge in [-0.05, 0) is 17.2 Å². The molecular weight excluding hydrogens is 251 g/mol. The van der Waals surface area contributed by atoms with Crippen LogP contribution in [0.5, 0.6) is 5.88 Å². The van der Waals surface area contributed by atoms with Crippen LogP contribution in [-0.4, -0.2) is 23.2 Å². The van der Waals surface area contributed by atoms with E-state index in [0.717, 1.165) is 19.4 Å². The molecule has 0 aliphatic carbocycles. The molecule has 0 unspecified atom stereocenters. The number of aliphatic carboxylic acids is 1. The second kappa shape index (κ2) is 5.07. The van der Waals surface area contributed by atoms with Gasteiger partial charge in [-0.2, -0.15) is 13.2 Å². The summed E-state index contributed by atoms with van der Waals surface area (Å²) in [4.78, 5) is 14.0. The minimum absolute atomic E-state index is 0.0190. The summed E-state index contributed by atoms with van der Waals surface area (Å²) in [5, 5.41) is 8.55. The number of halogens is 3. The lowest BCUT2D eigenvalue weighted by molar-refractivity contribution is -0.139. The zero-order valence-corrected chi connectivity index (χ0v) is 9.41. The van der Waals surface area contributed by atoms with Crippen molar-refractivity contribution in [3.8, 4) is 5.88 Å². The fourth-order valence-electron chi connectivity index (χ4n) is 1.30. The third-order valence-electron chi connectivity index (χ3n) is 2.12. The third kappa shape index (κ3) is 3.22. The number of pyridine rings is 1. The molecule has 0 aliphatic heterocycles. The van der Waals surface area contributed by atoms with Crippen LogP contribution in [0.1, 0.15) is 17.5 Å². The van der Waals surface area contributed by atoms with E-state index < -0.39 is 30.0 Å². The number of rotatable bonds is 4. The number of hydrogen-bond acceptors (Lipinski definition) is 3. The van der Waals surface area contributed by atoms with Crippen LogP contribution < -0.4 is 4.74 Å². The van der Waals surface area contributed by atoms with Crippen molar-refractivity contribution in [3.63, 3.8) is 0 Å². The molecule has 18 heavy (non-hydrogen) atoms. The number of methoxy groups -OCH3 is 1. The van der Waals surface area contributed by atoms with Gasteiger partial charge in [0.05, 0.1) is 13.5 Å². The average molecular weight is 261 g/mol. The van der Waals surface area contributed by atoms with E-state index in [4.69, 9.17) is 5.11 Å². The van der Waals surface area contributed by atoms with Gasteiger partial charge in [0.1, 0.15) is 5.56 Å². The summed E-state index contributed by atoms with van der Waals surface area (Å²) in [6.07, 6.45) is -3.98. The molecule has 1 heterocycles. The molecule has 0 amide bonds. The first-order valence-electron chi connectivity index (χ1n) is 4.77. The highest BCUT2D eigenvalue weighted by molar-refractivity contribution is 5.83. The first-order valence-corrected chi connectivity index (χ1v) is 4.77. The molecular formula is C11H10F3NO3. The van der Waals surface area contributed by atoms with Crippen molar-refractivity contribution in [1.82, 2.24) is 4.98 Å². The normalized spacial score (nSPS) is 11.1. The summed E-state index contributed by atoms with van der Waals surface area (Å²) in [5.41, 5.74) is -0.997. The van der Waals surface area contributed by atoms with E-state index in [1.807, 2.05) is 0 Å². The molecule has 0 spiro atoms.